The average molecular weight is 341 g/mol. The molecule has 2 aromatic carbocycles. The summed E-state index contributed by atoms with van der Waals surface area (Å²) in [5, 5.41) is 12.0. The first-order chi connectivity index (χ1) is 11.4. The highest BCUT2D eigenvalue weighted by molar-refractivity contribution is 5.44. The van der Waals surface area contributed by atoms with E-state index in [4.69, 9.17) is 14.6 Å². The minimum atomic E-state index is -1.31. The molecule has 2 aromatic rings. The third kappa shape index (κ3) is 3.56. The molecule has 0 aromatic heterocycles. The van der Waals surface area contributed by atoms with Crippen LogP contribution in [-0.2, 0) is 6.54 Å². The van der Waals surface area contributed by atoms with Crippen LogP contribution in [0.25, 0.3) is 0 Å². The Morgan fingerprint density at radius 1 is 1.04 bits per heavy atom. The second-order valence-corrected chi connectivity index (χ2v) is 5.20. The summed E-state index contributed by atoms with van der Waals surface area (Å²) in [7, 11) is 2.84. The van der Waals surface area contributed by atoms with E-state index >= 15 is 0 Å². The predicted octanol–water partition coefficient (Wildman–Crippen LogP) is 3.68. The summed E-state index contributed by atoms with van der Waals surface area (Å²) < 4.78 is 51.4. The minimum absolute atomic E-state index is 0.0260. The van der Waals surface area contributed by atoms with E-state index in [1.165, 1.54) is 32.4 Å². The van der Waals surface area contributed by atoms with Crippen LogP contribution < -0.4 is 14.8 Å². The molecule has 1 unspecified atom stereocenters. The van der Waals surface area contributed by atoms with Crippen molar-refractivity contribution in [2.24, 2.45) is 0 Å². The Labute approximate surface area is 137 Å². The number of ether oxygens (including phenoxy) is 2. The lowest BCUT2D eigenvalue weighted by atomic mass is 10.1. The van der Waals surface area contributed by atoms with Crippen molar-refractivity contribution < 1.29 is 27.8 Å². The standard InChI is InChI=1S/C17H18F3NO3/c1-9(11-6-14(23-2)15(24-3)7-12(11)18)21-8-10-4-5-13(22)17(20)16(10)19/h4-7,9,21-22H,8H2,1-3H3. The highest BCUT2D eigenvalue weighted by atomic mass is 19.2. The molecule has 0 saturated heterocycles. The van der Waals surface area contributed by atoms with Crippen molar-refractivity contribution in [1.82, 2.24) is 5.32 Å². The topological polar surface area (TPSA) is 50.7 Å². The molecule has 130 valence electrons. The second kappa shape index (κ2) is 7.44. The molecule has 4 nitrogen and oxygen atoms in total. The predicted molar refractivity (Wildman–Crippen MR) is 82.8 cm³/mol. The summed E-state index contributed by atoms with van der Waals surface area (Å²) in [6.07, 6.45) is 0. The molecule has 0 fully saturated rings. The largest absolute Gasteiger partial charge is 0.505 e. The van der Waals surface area contributed by atoms with Gasteiger partial charge in [0.25, 0.3) is 0 Å². The van der Waals surface area contributed by atoms with E-state index in [0.717, 1.165) is 6.07 Å². The summed E-state index contributed by atoms with van der Waals surface area (Å²) in [5.74, 6) is -3.08. The van der Waals surface area contributed by atoms with Gasteiger partial charge in [-0.1, -0.05) is 6.07 Å². The molecule has 1 atom stereocenters. The molecular formula is C17H18F3NO3. The van der Waals surface area contributed by atoms with Crippen LogP contribution in [-0.4, -0.2) is 19.3 Å². The summed E-state index contributed by atoms with van der Waals surface area (Å²) in [5.41, 5.74) is 0.324. The lowest BCUT2D eigenvalue weighted by Crippen LogP contribution is -2.20. The van der Waals surface area contributed by atoms with E-state index in [-0.39, 0.29) is 17.9 Å². The number of phenolic OH excluding ortho intramolecular Hbond substituents is 1. The fraction of sp³-hybridized carbons (Fsp3) is 0.294. The molecule has 0 radical (unpaired) electrons. The summed E-state index contributed by atoms with van der Waals surface area (Å²) in [6.45, 7) is 1.64. The van der Waals surface area contributed by atoms with E-state index in [0.29, 0.717) is 11.3 Å². The maximum atomic E-state index is 14.2. The van der Waals surface area contributed by atoms with E-state index < -0.39 is 29.2 Å². The lowest BCUT2D eigenvalue weighted by Gasteiger charge is -2.18. The van der Waals surface area contributed by atoms with Crippen LogP contribution in [0.3, 0.4) is 0 Å². The molecule has 2 rings (SSSR count). The molecule has 0 saturated carbocycles. The fourth-order valence-electron chi connectivity index (χ4n) is 2.29. The van der Waals surface area contributed by atoms with Gasteiger partial charge in [-0.25, -0.2) is 8.78 Å². The van der Waals surface area contributed by atoms with Gasteiger partial charge < -0.3 is 19.9 Å². The molecule has 0 spiro atoms. The Balaban J connectivity index is 2.19. The third-order valence-corrected chi connectivity index (χ3v) is 3.71. The molecule has 0 aliphatic carbocycles. The Kier molecular flexibility index (Phi) is 5.56. The molecule has 7 heteroatoms. The highest BCUT2D eigenvalue weighted by Gasteiger charge is 2.18. The molecule has 0 bridgehead atoms. The number of nitrogens with one attached hydrogen (secondary N) is 1. The van der Waals surface area contributed by atoms with Crippen LogP contribution >= 0.6 is 0 Å². The second-order valence-electron chi connectivity index (χ2n) is 5.20. The van der Waals surface area contributed by atoms with E-state index in [1.54, 1.807) is 6.92 Å². The number of halogens is 3. The molecule has 0 amide bonds. The molecular weight excluding hydrogens is 323 g/mol. The van der Waals surface area contributed by atoms with E-state index in [1.807, 2.05) is 0 Å². The average Bonchev–Trinajstić information content (AvgIpc) is 2.58. The number of hydrogen-bond donors (Lipinski definition) is 2. The molecule has 0 aliphatic heterocycles. The summed E-state index contributed by atoms with van der Waals surface area (Å²) in [6, 6.07) is 4.52. The Hall–Kier alpha value is -2.41. The van der Waals surface area contributed by atoms with Crippen molar-refractivity contribution in [3.8, 4) is 17.2 Å². The van der Waals surface area contributed by atoms with Crippen molar-refractivity contribution in [1.29, 1.82) is 0 Å². The lowest BCUT2D eigenvalue weighted by molar-refractivity contribution is 0.350. The van der Waals surface area contributed by atoms with Crippen molar-refractivity contribution in [2.45, 2.75) is 19.5 Å². The molecule has 0 aliphatic rings. The zero-order chi connectivity index (χ0) is 17.9. The first-order valence-electron chi connectivity index (χ1n) is 7.19. The van der Waals surface area contributed by atoms with Gasteiger partial charge in [-0.05, 0) is 19.1 Å². The van der Waals surface area contributed by atoms with Gasteiger partial charge in [0.15, 0.2) is 23.1 Å². The quantitative estimate of drug-likeness (QED) is 0.842. The van der Waals surface area contributed by atoms with Crippen molar-refractivity contribution in [3.05, 3.63) is 52.8 Å². The van der Waals surface area contributed by atoms with Crippen LogP contribution in [0, 0.1) is 17.5 Å². The number of benzene rings is 2. The van der Waals surface area contributed by atoms with Crippen molar-refractivity contribution in [2.75, 3.05) is 14.2 Å². The van der Waals surface area contributed by atoms with Gasteiger partial charge in [-0.3, -0.25) is 0 Å². The monoisotopic (exact) mass is 341 g/mol. The van der Waals surface area contributed by atoms with Gasteiger partial charge in [0, 0.05) is 29.8 Å². The summed E-state index contributed by atoms with van der Waals surface area (Å²) in [4.78, 5) is 0. The maximum Gasteiger partial charge on any atom is 0.200 e. The van der Waals surface area contributed by atoms with Crippen molar-refractivity contribution >= 4 is 0 Å². The zero-order valence-corrected chi connectivity index (χ0v) is 13.5. The smallest absolute Gasteiger partial charge is 0.200 e. The van der Waals surface area contributed by atoms with Gasteiger partial charge >= 0.3 is 0 Å². The highest BCUT2D eigenvalue weighted by Crippen LogP contribution is 2.32. The molecule has 0 heterocycles. The normalized spacial score (nSPS) is 12.1. The first kappa shape index (κ1) is 17.9. The van der Waals surface area contributed by atoms with Crippen LogP contribution in [0.15, 0.2) is 24.3 Å². The van der Waals surface area contributed by atoms with Crippen LogP contribution in [0.2, 0.25) is 0 Å². The van der Waals surface area contributed by atoms with Gasteiger partial charge in [-0.15, -0.1) is 0 Å². The van der Waals surface area contributed by atoms with E-state index in [2.05, 4.69) is 5.32 Å². The number of rotatable bonds is 6. The van der Waals surface area contributed by atoms with Gasteiger partial charge in [0.2, 0.25) is 5.82 Å². The third-order valence-electron chi connectivity index (χ3n) is 3.71. The maximum absolute atomic E-state index is 14.2. The molecule has 2 N–H and O–H groups in total. The SMILES string of the molecule is COc1cc(F)c(C(C)NCc2ccc(O)c(F)c2F)cc1OC. The van der Waals surface area contributed by atoms with Crippen LogP contribution in [0.1, 0.15) is 24.1 Å². The van der Waals surface area contributed by atoms with Gasteiger partial charge in [0.1, 0.15) is 5.82 Å². The molecule has 24 heavy (non-hydrogen) atoms. The Morgan fingerprint density at radius 2 is 1.67 bits per heavy atom. The zero-order valence-electron chi connectivity index (χ0n) is 13.5. The van der Waals surface area contributed by atoms with Crippen molar-refractivity contribution in [3.63, 3.8) is 0 Å². The van der Waals surface area contributed by atoms with Crippen LogP contribution in [0.4, 0.5) is 13.2 Å². The number of hydrogen-bond acceptors (Lipinski definition) is 4. The van der Waals surface area contributed by atoms with E-state index in [9.17, 15) is 13.2 Å². The summed E-state index contributed by atoms with van der Waals surface area (Å²) >= 11 is 0. The van der Waals surface area contributed by atoms with Gasteiger partial charge in [-0.2, -0.15) is 4.39 Å². The van der Waals surface area contributed by atoms with Gasteiger partial charge in [0.05, 0.1) is 14.2 Å². The van der Waals surface area contributed by atoms with Crippen LogP contribution in [0.5, 0.6) is 17.2 Å². The number of phenols is 1. The number of aromatic hydroxyl groups is 1. The Morgan fingerprint density at radius 3 is 2.29 bits per heavy atom. The minimum Gasteiger partial charge on any atom is -0.505 e. The fourth-order valence-corrected chi connectivity index (χ4v) is 2.29. The number of methoxy groups -OCH3 is 2. The Bertz CT molecular complexity index is 738. The first-order valence-corrected chi connectivity index (χ1v) is 7.19.